The number of carbonyl (C=O) groups is 1. The van der Waals surface area contributed by atoms with Crippen molar-refractivity contribution in [2.45, 2.75) is 27.7 Å². The lowest BCUT2D eigenvalue weighted by Gasteiger charge is -2.12. The van der Waals surface area contributed by atoms with Gasteiger partial charge in [-0.15, -0.1) is 0 Å². The quantitative estimate of drug-likeness (QED) is 0.673. The van der Waals surface area contributed by atoms with Crippen LogP contribution >= 0.6 is 23.2 Å². The van der Waals surface area contributed by atoms with Gasteiger partial charge in [0.15, 0.2) is 5.78 Å². The molecule has 0 aliphatic rings. The third-order valence-corrected chi connectivity index (χ3v) is 4.81. The van der Waals surface area contributed by atoms with Gasteiger partial charge in [0.2, 0.25) is 0 Å². The van der Waals surface area contributed by atoms with E-state index in [4.69, 9.17) is 23.2 Å². The van der Waals surface area contributed by atoms with Crippen molar-refractivity contribution in [2.24, 2.45) is 0 Å². The highest BCUT2D eigenvalue weighted by Crippen LogP contribution is 2.29. The second kappa shape index (κ2) is 5.59. The number of benzene rings is 2. The van der Waals surface area contributed by atoms with Crippen molar-refractivity contribution < 1.29 is 4.79 Å². The summed E-state index contributed by atoms with van der Waals surface area (Å²) >= 11 is 12.5. The van der Waals surface area contributed by atoms with Crippen LogP contribution in [0.4, 0.5) is 0 Å². The van der Waals surface area contributed by atoms with E-state index < -0.39 is 0 Å². The smallest absolute Gasteiger partial charge is 0.193 e. The van der Waals surface area contributed by atoms with Crippen molar-refractivity contribution in [1.29, 1.82) is 0 Å². The number of hydrogen-bond acceptors (Lipinski definition) is 1. The highest BCUT2D eigenvalue weighted by atomic mass is 35.5. The minimum atomic E-state index is -0.0381. The van der Waals surface area contributed by atoms with Crippen molar-refractivity contribution in [3.05, 3.63) is 67.7 Å². The molecule has 0 spiro atoms. The maximum absolute atomic E-state index is 12.7. The molecule has 0 unspecified atom stereocenters. The van der Waals surface area contributed by atoms with Crippen LogP contribution in [0.25, 0.3) is 0 Å². The maximum atomic E-state index is 12.7. The summed E-state index contributed by atoms with van der Waals surface area (Å²) in [6, 6.07) is 7.39. The van der Waals surface area contributed by atoms with Crippen LogP contribution in [0.2, 0.25) is 10.0 Å². The van der Waals surface area contributed by atoms with Crippen molar-refractivity contribution in [1.82, 2.24) is 0 Å². The van der Waals surface area contributed by atoms with E-state index >= 15 is 0 Å². The molecule has 0 saturated heterocycles. The molecule has 0 bridgehead atoms. The van der Waals surface area contributed by atoms with Gasteiger partial charge >= 0.3 is 0 Å². The molecule has 20 heavy (non-hydrogen) atoms. The van der Waals surface area contributed by atoms with Gasteiger partial charge in [-0.2, -0.15) is 0 Å². The van der Waals surface area contributed by atoms with Crippen LogP contribution in [0.1, 0.15) is 38.2 Å². The summed E-state index contributed by atoms with van der Waals surface area (Å²) in [5.41, 5.74) is 4.83. The highest BCUT2D eigenvalue weighted by molar-refractivity contribution is 6.34. The molecule has 2 aromatic carbocycles. The fraction of sp³-hybridized carbons (Fsp3) is 0.235. The Morgan fingerprint density at radius 2 is 1.10 bits per heavy atom. The fourth-order valence-electron chi connectivity index (χ4n) is 2.28. The molecular weight excluding hydrogens is 291 g/mol. The van der Waals surface area contributed by atoms with Crippen molar-refractivity contribution >= 4 is 29.0 Å². The Kier molecular flexibility index (Phi) is 4.22. The zero-order chi connectivity index (χ0) is 15.0. The fourth-order valence-corrected chi connectivity index (χ4v) is 2.61. The Bertz CT molecular complexity index is 643. The van der Waals surface area contributed by atoms with Crippen LogP contribution in [-0.2, 0) is 0 Å². The van der Waals surface area contributed by atoms with Crippen LogP contribution < -0.4 is 0 Å². The van der Waals surface area contributed by atoms with Crippen LogP contribution in [0.3, 0.4) is 0 Å². The molecule has 1 nitrogen and oxygen atoms in total. The lowest BCUT2D eigenvalue weighted by Crippen LogP contribution is -2.07. The summed E-state index contributed by atoms with van der Waals surface area (Å²) in [6.07, 6.45) is 0. The summed E-state index contributed by atoms with van der Waals surface area (Å²) < 4.78 is 0. The molecule has 0 N–H and O–H groups in total. The number of ketones is 1. The molecule has 0 radical (unpaired) electrons. The minimum absolute atomic E-state index is 0.0381. The molecule has 0 atom stereocenters. The van der Waals surface area contributed by atoms with Gasteiger partial charge in [0, 0.05) is 21.2 Å². The highest BCUT2D eigenvalue weighted by Gasteiger charge is 2.18. The molecule has 0 fully saturated rings. The van der Waals surface area contributed by atoms with E-state index in [1.54, 1.807) is 0 Å². The summed E-state index contributed by atoms with van der Waals surface area (Å²) in [7, 11) is 0. The first-order valence-corrected chi connectivity index (χ1v) is 7.16. The first-order valence-electron chi connectivity index (χ1n) is 6.40. The standard InChI is InChI=1S/C17H16Cl2O/c1-9-5-7-13(11(3)15(9)18)17(20)14-8-6-10(2)16(19)12(14)4/h5-8H,1-4H3. The molecule has 0 heterocycles. The van der Waals surface area contributed by atoms with Gasteiger partial charge in [0.25, 0.3) is 0 Å². The minimum Gasteiger partial charge on any atom is -0.289 e. The molecule has 0 saturated carbocycles. The van der Waals surface area contributed by atoms with Gasteiger partial charge in [0.05, 0.1) is 0 Å². The van der Waals surface area contributed by atoms with E-state index in [0.717, 1.165) is 22.3 Å². The summed E-state index contributed by atoms with van der Waals surface area (Å²) in [6.45, 7) is 7.59. The van der Waals surface area contributed by atoms with Crippen LogP contribution in [-0.4, -0.2) is 5.78 Å². The van der Waals surface area contributed by atoms with Crippen LogP contribution in [0, 0.1) is 27.7 Å². The van der Waals surface area contributed by atoms with Crippen molar-refractivity contribution in [2.75, 3.05) is 0 Å². The first kappa shape index (κ1) is 15.1. The van der Waals surface area contributed by atoms with E-state index in [-0.39, 0.29) is 5.78 Å². The number of rotatable bonds is 2. The van der Waals surface area contributed by atoms with E-state index in [1.807, 2.05) is 52.0 Å². The average Bonchev–Trinajstić information content (AvgIpc) is 2.42. The summed E-state index contributed by atoms with van der Waals surface area (Å²) in [5, 5.41) is 1.29. The molecule has 0 aliphatic carbocycles. The average molecular weight is 307 g/mol. The van der Waals surface area contributed by atoms with Gasteiger partial charge in [-0.05, 0) is 49.9 Å². The zero-order valence-corrected chi connectivity index (χ0v) is 13.5. The van der Waals surface area contributed by atoms with Gasteiger partial charge < -0.3 is 0 Å². The maximum Gasteiger partial charge on any atom is 0.193 e. The first-order chi connectivity index (χ1) is 9.34. The predicted molar refractivity (Wildman–Crippen MR) is 85.3 cm³/mol. The number of carbonyl (C=O) groups excluding carboxylic acids is 1. The van der Waals surface area contributed by atoms with Gasteiger partial charge in [-0.25, -0.2) is 0 Å². The van der Waals surface area contributed by atoms with Gasteiger partial charge in [-0.1, -0.05) is 47.5 Å². The van der Waals surface area contributed by atoms with Crippen molar-refractivity contribution in [3.63, 3.8) is 0 Å². The predicted octanol–water partition coefficient (Wildman–Crippen LogP) is 5.46. The van der Waals surface area contributed by atoms with E-state index in [1.165, 1.54) is 0 Å². The lowest BCUT2D eigenvalue weighted by atomic mass is 9.94. The topological polar surface area (TPSA) is 17.1 Å². The Balaban J connectivity index is 2.58. The Morgan fingerprint density at radius 1 is 0.750 bits per heavy atom. The van der Waals surface area contributed by atoms with Gasteiger partial charge in [0.1, 0.15) is 0 Å². The molecule has 0 aliphatic heterocycles. The monoisotopic (exact) mass is 306 g/mol. The molecule has 0 amide bonds. The molecule has 2 aromatic rings. The molecule has 104 valence electrons. The molecule has 0 aromatic heterocycles. The van der Waals surface area contributed by atoms with Crippen LogP contribution in [0.5, 0.6) is 0 Å². The number of aryl methyl sites for hydroxylation is 2. The molecule has 3 heteroatoms. The normalized spacial score (nSPS) is 10.7. The van der Waals surface area contributed by atoms with Gasteiger partial charge in [-0.3, -0.25) is 4.79 Å². The van der Waals surface area contributed by atoms with E-state index in [9.17, 15) is 4.79 Å². The third kappa shape index (κ3) is 2.48. The zero-order valence-electron chi connectivity index (χ0n) is 12.0. The number of halogens is 2. The van der Waals surface area contributed by atoms with E-state index in [2.05, 4.69) is 0 Å². The Labute approximate surface area is 129 Å². The Hall–Kier alpha value is -1.31. The third-order valence-electron chi connectivity index (χ3n) is 3.65. The number of hydrogen-bond donors (Lipinski definition) is 0. The second-order valence-electron chi connectivity index (χ2n) is 5.07. The molecule has 2 rings (SSSR count). The summed E-state index contributed by atoms with van der Waals surface area (Å²) in [4.78, 5) is 12.7. The van der Waals surface area contributed by atoms with Crippen molar-refractivity contribution in [3.8, 4) is 0 Å². The second-order valence-corrected chi connectivity index (χ2v) is 5.82. The summed E-state index contributed by atoms with van der Waals surface area (Å²) in [5.74, 6) is -0.0381. The Morgan fingerprint density at radius 3 is 1.45 bits per heavy atom. The lowest BCUT2D eigenvalue weighted by molar-refractivity contribution is 0.103. The SMILES string of the molecule is Cc1ccc(C(=O)c2ccc(C)c(Cl)c2C)c(C)c1Cl. The largest absolute Gasteiger partial charge is 0.289 e. The van der Waals surface area contributed by atoms with Crippen LogP contribution in [0.15, 0.2) is 24.3 Å². The molecular formula is C17H16Cl2O. The van der Waals surface area contributed by atoms with E-state index in [0.29, 0.717) is 21.2 Å².